The number of para-hydroxylation sites is 4. The van der Waals surface area contributed by atoms with Gasteiger partial charge in [-0.15, -0.1) is 0 Å². The van der Waals surface area contributed by atoms with Gasteiger partial charge in [0.1, 0.15) is 0 Å². The summed E-state index contributed by atoms with van der Waals surface area (Å²) in [4.78, 5) is 2.38. The van der Waals surface area contributed by atoms with E-state index in [1.54, 1.807) is 0 Å². The number of rotatable bonds is 3. The van der Waals surface area contributed by atoms with Crippen LogP contribution in [0.5, 0.6) is 0 Å². The topological polar surface area (TPSA) is 8.17 Å². The van der Waals surface area contributed by atoms with Gasteiger partial charge in [0, 0.05) is 38.7 Å². The fourth-order valence-corrected chi connectivity index (χ4v) is 8.26. The minimum Gasteiger partial charge on any atom is -0.310 e. The van der Waals surface area contributed by atoms with E-state index in [9.17, 15) is 0 Å². The van der Waals surface area contributed by atoms with Crippen LogP contribution in [0, 0.1) is 0 Å². The summed E-state index contributed by atoms with van der Waals surface area (Å²) in [7, 11) is 0. The molecule has 9 rings (SSSR count). The van der Waals surface area contributed by atoms with Gasteiger partial charge in [-0.1, -0.05) is 120 Å². The first-order valence-corrected chi connectivity index (χ1v) is 16.6. The van der Waals surface area contributed by atoms with Gasteiger partial charge in [0.2, 0.25) is 0 Å². The first kappa shape index (κ1) is 28.4. The quantitative estimate of drug-likeness (QED) is 0.197. The van der Waals surface area contributed by atoms with Crippen LogP contribution in [-0.4, -0.2) is 4.57 Å². The van der Waals surface area contributed by atoms with Crippen molar-refractivity contribution in [1.29, 1.82) is 0 Å². The number of aromatic nitrogens is 1. The zero-order valence-electron chi connectivity index (χ0n) is 27.6. The second kappa shape index (κ2) is 10.2. The summed E-state index contributed by atoms with van der Waals surface area (Å²) >= 11 is 0. The highest BCUT2D eigenvalue weighted by molar-refractivity contribution is 6.16. The summed E-state index contributed by atoms with van der Waals surface area (Å²) in [5.41, 5.74) is 15.5. The Labute approximate surface area is 272 Å². The van der Waals surface area contributed by atoms with E-state index in [2.05, 4.69) is 171 Å². The van der Waals surface area contributed by atoms with Crippen LogP contribution >= 0.6 is 0 Å². The van der Waals surface area contributed by atoms with Crippen molar-refractivity contribution in [1.82, 2.24) is 4.57 Å². The van der Waals surface area contributed by atoms with Gasteiger partial charge in [-0.3, -0.25) is 0 Å². The predicted octanol–water partition coefficient (Wildman–Crippen LogP) is 12.2. The molecule has 0 saturated heterocycles. The zero-order chi connectivity index (χ0) is 31.8. The minimum atomic E-state index is -0.186. The third-order valence-corrected chi connectivity index (χ3v) is 10.3. The summed E-state index contributed by atoms with van der Waals surface area (Å²) in [5.74, 6) is 0. The third kappa shape index (κ3) is 3.76. The van der Waals surface area contributed by atoms with Crippen LogP contribution in [0.1, 0.15) is 63.8 Å². The summed E-state index contributed by atoms with van der Waals surface area (Å²) in [6.45, 7) is 13.6. The van der Waals surface area contributed by atoms with Gasteiger partial charge in [-0.25, -0.2) is 0 Å². The molecule has 2 heterocycles. The fraction of sp³-hybridized carbons (Fsp3) is 0.182. The van der Waals surface area contributed by atoms with E-state index in [0.29, 0.717) is 0 Å². The van der Waals surface area contributed by atoms with Gasteiger partial charge in [0.15, 0.2) is 0 Å². The van der Waals surface area contributed by atoms with Crippen LogP contribution < -0.4 is 4.90 Å². The molecule has 0 atom stereocenters. The standard InChI is InChI=1S/C42H34N2.C2H6/c1-41(2)33-20-12-14-22-37(33)44-36-21-13-11-19-31(36)38-39-32(26-35(41)40(38)44)30-24-23-29(25-34(30)42(39,3)4)43(27-15-7-5-8-16-27)28-17-9-6-10-18-28;1-2/h5-26H,1-4H3;1-2H3. The fourth-order valence-electron chi connectivity index (χ4n) is 8.26. The Morgan fingerprint density at radius 2 is 1.11 bits per heavy atom. The molecule has 7 aromatic rings. The van der Waals surface area contributed by atoms with E-state index >= 15 is 0 Å². The molecule has 0 spiro atoms. The second-order valence-electron chi connectivity index (χ2n) is 13.4. The van der Waals surface area contributed by atoms with Gasteiger partial charge in [-0.05, 0) is 88.0 Å². The van der Waals surface area contributed by atoms with Crippen LogP contribution in [0.25, 0.3) is 38.6 Å². The lowest BCUT2D eigenvalue weighted by atomic mass is 9.72. The molecule has 2 heteroatoms. The first-order chi connectivity index (χ1) is 22.4. The molecule has 226 valence electrons. The molecule has 0 unspecified atom stereocenters. The van der Waals surface area contributed by atoms with E-state index in [4.69, 9.17) is 0 Å². The molecule has 0 amide bonds. The number of fused-ring (bicyclic) bond motifs is 9. The average Bonchev–Trinajstić information content (AvgIpc) is 3.55. The van der Waals surface area contributed by atoms with E-state index in [1.165, 1.54) is 66.6 Å². The van der Waals surface area contributed by atoms with Crippen LogP contribution in [0.4, 0.5) is 17.1 Å². The maximum Gasteiger partial charge on any atom is 0.0585 e. The Morgan fingerprint density at radius 1 is 0.500 bits per heavy atom. The molecule has 0 bridgehead atoms. The predicted molar refractivity (Wildman–Crippen MR) is 197 cm³/mol. The smallest absolute Gasteiger partial charge is 0.0585 e. The number of nitrogens with zero attached hydrogens (tertiary/aromatic N) is 2. The highest BCUT2D eigenvalue weighted by atomic mass is 15.1. The van der Waals surface area contributed by atoms with Crippen LogP contribution in [-0.2, 0) is 10.8 Å². The van der Waals surface area contributed by atoms with Crippen molar-refractivity contribution in [2.24, 2.45) is 0 Å². The van der Waals surface area contributed by atoms with Crippen LogP contribution in [0.2, 0.25) is 0 Å². The van der Waals surface area contributed by atoms with Crippen molar-refractivity contribution in [2.45, 2.75) is 52.4 Å². The average molecular weight is 597 g/mol. The SMILES string of the molecule is CC.CC1(C)c2cc(N(c3ccccc3)c3ccccc3)ccc2-c2cc3c4c(c21)c1ccccc1n4-c1ccccc1C3(C)C. The minimum absolute atomic E-state index is 0.126. The number of anilines is 3. The van der Waals surface area contributed by atoms with Gasteiger partial charge in [-0.2, -0.15) is 0 Å². The molecule has 2 aliphatic rings. The molecule has 0 fully saturated rings. The highest BCUT2D eigenvalue weighted by Crippen LogP contribution is 2.58. The number of hydrogen-bond donors (Lipinski definition) is 0. The Balaban J connectivity index is 0.00000153. The van der Waals surface area contributed by atoms with Gasteiger partial charge in [0.05, 0.1) is 16.7 Å². The zero-order valence-corrected chi connectivity index (χ0v) is 27.6. The van der Waals surface area contributed by atoms with Crippen LogP contribution in [0.15, 0.2) is 133 Å². The molecule has 1 aliphatic heterocycles. The highest BCUT2D eigenvalue weighted by Gasteiger charge is 2.43. The molecule has 2 nitrogen and oxygen atoms in total. The van der Waals surface area contributed by atoms with Crippen molar-refractivity contribution in [3.63, 3.8) is 0 Å². The summed E-state index contributed by atoms with van der Waals surface area (Å²) in [6.07, 6.45) is 0. The summed E-state index contributed by atoms with van der Waals surface area (Å²) in [6, 6.07) is 49.1. The molecule has 0 N–H and O–H groups in total. The van der Waals surface area contributed by atoms with Gasteiger partial charge < -0.3 is 9.47 Å². The normalized spacial score (nSPS) is 14.7. The molecule has 1 aliphatic carbocycles. The van der Waals surface area contributed by atoms with Crippen molar-refractivity contribution >= 4 is 38.9 Å². The molecule has 0 saturated carbocycles. The van der Waals surface area contributed by atoms with E-state index in [1.807, 2.05) is 13.8 Å². The Hall–Kier alpha value is -5.08. The Kier molecular flexibility index (Phi) is 6.31. The lowest BCUT2D eigenvalue weighted by molar-refractivity contribution is 0.628. The van der Waals surface area contributed by atoms with Gasteiger partial charge in [0.25, 0.3) is 0 Å². The molecule has 0 radical (unpaired) electrons. The maximum absolute atomic E-state index is 2.54. The molecular formula is C44H40N2. The molecule has 6 aromatic carbocycles. The molecule has 46 heavy (non-hydrogen) atoms. The second-order valence-corrected chi connectivity index (χ2v) is 13.4. The van der Waals surface area contributed by atoms with E-state index < -0.39 is 0 Å². The molecule has 1 aromatic heterocycles. The first-order valence-electron chi connectivity index (χ1n) is 16.6. The lowest BCUT2D eigenvalue weighted by Crippen LogP contribution is -2.27. The lowest BCUT2D eigenvalue weighted by Gasteiger charge is -2.35. The van der Waals surface area contributed by atoms with E-state index in [-0.39, 0.29) is 10.8 Å². The summed E-state index contributed by atoms with van der Waals surface area (Å²) in [5, 5.41) is 2.74. The van der Waals surface area contributed by atoms with Crippen molar-refractivity contribution in [3.05, 3.63) is 156 Å². The monoisotopic (exact) mass is 596 g/mol. The van der Waals surface area contributed by atoms with E-state index in [0.717, 1.165) is 11.4 Å². The van der Waals surface area contributed by atoms with Crippen molar-refractivity contribution < 1.29 is 0 Å². The molecular weight excluding hydrogens is 556 g/mol. The Morgan fingerprint density at radius 3 is 1.80 bits per heavy atom. The summed E-state index contributed by atoms with van der Waals surface area (Å²) < 4.78 is 2.54. The number of benzene rings is 6. The largest absolute Gasteiger partial charge is 0.310 e. The van der Waals surface area contributed by atoms with Gasteiger partial charge >= 0.3 is 0 Å². The van der Waals surface area contributed by atoms with Crippen molar-refractivity contribution in [2.75, 3.05) is 4.90 Å². The number of hydrogen-bond acceptors (Lipinski definition) is 1. The maximum atomic E-state index is 2.54. The van der Waals surface area contributed by atoms with Crippen LogP contribution in [0.3, 0.4) is 0 Å². The Bertz CT molecular complexity index is 2230. The third-order valence-electron chi connectivity index (χ3n) is 10.3. The van der Waals surface area contributed by atoms with Crippen molar-refractivity contribution in [3.8, 4) is 16.8 Å².